The Bertz CT molecular complexity index is 126. The molecule has 0 amide bonds. The van der Waals surface area contributed by atoms with E-state index in [4.69, 9.17) is 2.67 Å². The first-order chi connectivity index (χ1) is 4.09. The van der Waals surface area contributed by atoms with E-state index in [-0.39, 0.29) is 6.71 Å². The highest BCUT2D eigenvalue weighted by Gasteiger charge is 1.96. The summed E-state index contributed by atoms with van der Waals surface area (Å²) in [6.07, 6.45) is 0. The lowest BCUT2D eigenvalue weighted by Gasteiger charge is -1.92. The van der Waals surface area contributed by atoms with Crippen LogP contribution in [0.1, 0.15) is 0 Å². The molecule has 0 atom stereocenters. The third-order valence-electron chi connectivity index (χ3n) is 0.826. The summed E-state index contributed by atoms with van der Waals surface area (Å²) < 4.78 is 14.0. The third kappa shape index (κ3) is 2.36. The number of hydrogen-bond acceptors (Lipinski definition) is 0. The molecular weight excluding hydrogens is 81.7 g/mol. The molecule has 0 aromatic rings. The highest BCUT2D eigenvalue weighted by Crippen LogP contribution is 1.89. The van der Waals surface area contributed by atoms with Crippen LogP contribution in [0, 0.1) is 0 Å². The van der Waals surface area contributed by atoms with Gasteiger partial charge in [-0.05, 0) is 2.67 Å². The van der Waals surface area contributed by atoms with E-state index in [1.165, 1.54) is 0 Å². The average molecular weight is 95.8 g/mol. The third-order valence-corrected chi connectivity index (χ3v) is 0.826. The summed E-state index contributed by atoms with van der Waals surface area (Å²) in [4.78, 5) is 0. The predicted octanol–water partition coefficient (Wildman–Crippen LogP) is 0.582. The summed E-state index contributed by atoms with van der Waals surface area (Å²) in [7, 11) is -0.900. The molecule has 0 aliphatic heterocycles. The zero-order chi connectivity index (χ0) is 7.44. The Morgan fingerprint density at radius 3 is 2.57 bits per heavy atom. The van der Waals surface area contributed by atoms with Crippen LogP contribution in [-0.4, -0.2) is 17.2 Å². The smallest absolute Gasteiger partial charge is 0.149 e. The first-order valence-electron chi connectivity index (χ1n) is 3.49. The van der Waals surface area contributed by atoms with Gasteiger partial charge in [-0.1, -0.05) is 25.6 Å². The van der Waals surface area contributed by atoms with Gasteiger partial charge in [0.2, 0.25) is 0 Å². The van der Waals surface area contributed by atoms with Crippen molar-refractivity contribution in [1.82, 2.24) is 0 Å². The summed E-state index contributed by atoms with van der Waals surface area (Å²) in [6, 6.07) is 0. The Hall–Kier alpha value is -0.350. The lowest BCUT2D eigenvalue weighted by atomic mass is 9.43. The van der Waals surface area contributed by atoms with Gasteiger partial charge in [0.15, 0.2) is 6.71 Å². The zero-order valence-corrected chi connectivity index (χ0v) is 4.86. The van der Waals surface area contributed by atoms with Crippen LogP contribution in [0.25, 0.3) is 0 Å². The monoisotopic (exact) mass is 96.1 g/mol. The first kappa shape index (κ1) is 3.63. The summed E-state index contributed by atoms with van der Waals surface area (Å²) >= 11 is 0. The highest BCUT2D eigenvalue weighted by molar-refractivity contribution is 6.74. The van der Waals surface area contributed by atoms with Crippen molar-refractivity contribution < 1.29 is 0 Å². The Kier molecular flexibility index (Phi) is 1.43. The lowest BCUT2D eigenvalue weighted by Crippen LogP contribution is -2.03. The zero-order valence-electron chi connectivity index (χ0n) is 6.86. The lowest BCUT2D eigenvalue weighted by molar-refractivity contribution is 1.95. The van der Waals surface area contributed by atoms with Crippen LogP contribution in [0.4, 0.5) is 0 Å². The molecule has 0 saturated carbocycles. The maximum atomic E-state index is 6.99. The highest BCUT2D eigenvalue weighted by atomic mass is 13.5. The fourth-order valence-corrected chi connectivity index (χ4v) is 0.204. The summed E-state index contributed by atoms with van der Waals surface area (Å²) in [5.74, 6) is 0. The SMILES string of the molecule is [3H]B([3H])C(=C=C)B(C)C. The molecule has 0 N–H and O–H groups in total. The van der Waals surface area contributed by atoms with Gasteiger partial charge in [0.1, 0.15) is 7.77 Å². The summed E-state index contributed by atoms with van der Waals surface area (Å²) in [5.41, 5.74) is 2.59. The van der Waals surface area contributed by atoms with Gasteiger partial charge in [-0.25, -0.2) is 0 Å². The first-order valence-corrected chi connectivity index (χ1v) is 2.34. The fourth-order valence-electron chi connectivity index (χ4n) is 0.204. The van der Waals surface area contributed by atoms with Crippen LogP contribution >= 0.6 is 0 Å². The molecule has 0 saturated heterocycles. The Labute approximate surface area is 49.5 Å². The molecule has 0 nitrogen and oxygen atoms in total. The largest absolute Gasteiger partial charge is 0.162 e. The van der Waals surface area contributed by atoms with Gasteiger partial charge in [0.05, 0.1) is 0 Å². The maximum Gasteiger partial charge on any atom is 0.162 e. The molecule has 0 heterocycles. The molecule has 0 aromatic carbocycles. The molecule has 36 valence electrons. The van der Waals surface area contributed by atoms with E-state index in [1.807, 2.05) is 13.6 Å². The molecule has 0 aromatic heterocycles. The Balaban J connectivity index is 4.19. The topological polar surface area (TPSA) is 0 Å². The second-order valence-corrected chi connectivity index (χ2v) is 1.79. The quantitative estimate of drug-likeness (QED) is 0.348. The van der Waals surface area contributed by atoms with Crippen molar-refractivity contribution in [3.63, 3.8) is 0 Å². The molecule has 7 heavy (non-hydrogen) atoms. The van der Waals surface area contributed by atoms with E-state index in [0.29, 0.717) is 5.37 Å². The number of rotatable bonds is 2. The van der Waals surface area contributed by atoms with Crippen molar-refractivity contribution in [2.24, 2.45) is 0 Å². The minimum atomic E-state index is -0.900. The second kappa shape index (κ2) is 2.76. The van der Waals surface area contributed by atoms with Crippen LogP contribution in [0.3, 0.4) is 0 Å². The molecule has 0 fully saturated rings. The second-order valence-electron chi connectivity index (χ2n) is 1.79. The summed E-state index contributed by atoms with van der Waals surface area (Å²) in [5, 5.41) is 0.662. The van der Waals surface area contributed by atoms with Crippen LogP contribution in [-0.2, 0) is 0 Å². The maximum absolute atomic E-state index is 6.99. The van der Waals surface area contributed by atoms with Crippen molar-refractivity contribution in [2.45, 2.75) is 13.6 Å². The van der Waals surface area contributed by atoms with Crippen molar-refractivity contribution in [3.05, 3.63) is 17.7 Å². The van der Waals surface area contributed by atoms with E-state index < -0.39 is 7.77 Å². The molecule has 0 aliphatic carbocycles. The molecule has 0 radical (unpaired) electrons. The van der Waals surface area contributed by atoms with Gasteiger partial charge in [0, 0.05) is 0 Å². The average Bonchev–Trinajstić information content (AvgIpc) is 1.64. The van der Waals surface area contributed by atoms with Gasteiger partial charge >= 0.3 is 0 Å². The molecule has 0 rings (SSSR count). The van der Waals surface area contributed by atoms with Crippen molar-refractivity contribution in [1.29, 1.82) is 2.67 Å². The van der Waals surface area contributed by atoms with Crippen molar-refractivity contribution in [2.75, 3.05) is 0 Å². The van der Waals surface area contributed by atoms with E-state index in [0.717, 1.165) is 0 Å². The van der Waals surface area contributed by atoms with E-state index in [2.05, 4.69) is 12.3 Å². The molecule has 0 bridgehead atoms. The number of hydrogen-bond donors (Lipinski definition) is 0. The van der Waals surface area contributed by atoms with Gasteiger partial charge in [-0.15, -0.1) is 5.73 Å². The van der Waals surface area contributed by atoms with Crippen molar-refractivity contribution in [3.8, 4) is 0 Å². The van der Waals surface area contributed by atoms with Gasteiger partial charge in [-0.2, -0.15) is 0 Å². The molecular formula is C5H10B2. The minimum absolute atomic E-state index is 0.225. The van der Waals surface area contributed by atoms with Gasteiger partial charge in [0.25, 0.3) is 0 Å². The normalized spacial score (nSPS) is 10.6. The van der Waals surface area contributed by atoms with E-state index in [9.17, 15) is 0 Å². The molecule has 0 spiro atoms. The van der Waals surface area contributed by atoms with E-state index >= 15 is 0 Å². The van der Waals surface area contributed by atoms with Crippen LogP contribution in [0.5, 0.6) is 0 Å². The molecule has 0 unspecified atom stereocenters. The van der Waals surface area contributed by atoms with E-state index in [1.54, 1.807) is 0 Å². The standard InChI is InChI=1S/C5H10B2/c1-4-5(6)7(2)3/h1,6H2,2-3H3/i6T2. The van der Waals surface area contributed by atoms with Gasteiger partial charge < -0.3 is 0 Å². The Morgan fingerprint density at radius 1 is 2.00 bits per heavy atom. The van der Waals surface area contributed by atoms with Crippen LogP contribution in [0.2, 0.25) is 13.6 Å². The predicted molar refractivity (Wildman–Crippen MR) is 38.7 cm³/mol. The van der Waals surface area contributed by atoms with Gasteiger partial charge in [-0.3, -0.25) is 0 Å². The van der Waals surface area contributed by atoms with Crippen LogP contribution in [0.15, 0.2) is 17.7 Å². The minimum Gasteiger partial charge on any atom is -0.149 e. The van der Waals surface area contributed by atoms with Crippen LogP contribution < -0.4 is 0 Å². The summed E-state index contributed by atoms with van der Waals surface area (Å²) in [6.45, 7) is 7.49. The fraction of sp³-hybridized carbons (Fsp3) is 0.400. The molecule has 0 aliphatic rings. The Morgan fingerprint density at radius 2 is 2.57 bits per heavy atom. The van der Waals surface area contributed by atoms with Crippen molar-refractivity contribution >= 4 is 14.5 Å². The molecule has 2 heteroatoms.